The molecule has 1 saturated heterocycles. The van der Waals surface area contributed by atoms with Crippen LogP contribution >= 0.6 is 11.8 Å². The molecule has 1 N–H and O–H groups in total. The number of urea groups is 1. The third-order valence-corrected chi connectivity index (χ3v) is 6.53. The molecule has 4 rings (SSSR count). The smallest absolute Gasteiger partial charge is 0.322 e. The van der Waals surface area contributed by atoms with Gasteiger partial charge in [-0.05, 0) is 60.9 Å². The van der Waals surface area contributed by atoms with Gasteiger partial charge in [0.1, 0.15) is 11.5 Å². The molecule has 1 fully saturated rings. The third kappa shape index (κ3) is 5.16. The number of pyridine rings is 1. The number of carbonyl (C=O) groups is 1. The minimum atomic E-state index is -0.105. The summed E-state index contributed by atoms with van der Waals surface area (Å²) in [6, 6.07) is 19.4. The summed E-state index contributed by atoms with van der Waals surface area (Å²) in [5.41, 5.74) is 2.89. The van der Waals surface area contributed by atoms with Crippen molar-refractivity contribution in [2.75, 3.05) is 26.1 Å². The molecule has 1 atom stereocenters. The number of amides is 2. The lowest BCUT2D eigenvalue weighted by Gasteiger charge is -2.27. The highest BCUT2D eigenvalue weighted by molar-refractivity contribution is 7.98. The van der Waals surface area contributed by atoms with Gasteiger partial charge in [0.15, 0.2) is 0 Å². The van der Waals surface area contributed by atoms with Crippen LogP contribution in [0.2, 0.25) is 0 Å². The summed E-state index contributed by atoms with van der Waals surface area (Å²) in [5, 5.41) is 4.06. The number of anilines is 1. The van der Waals surface area contributed by atoms with E-state index in [0.717, 1.165) is 51.9 Å². The molecule has 2 heterocycles. The highest BCUT2D eigenvalue weighted by Crippen LogP contribution is 2.39. The van der Waals surface area contributed by atoms with Crippen LogP contribution in [0.1, 0.15) is 30.0 Å². The van der Waals surface area contributed by atoms with Crippen molar-refractivity contribution >= 4 is 23.5 Å². The predicted octanol–water partition coefficient (Wildman–Crippen LogP) is 5.76. The van der Waals surface area contributed by atoms with E-state index in [1.54, 1.807) is 32.2 Å². The van der Waals surface area contributed by atoms with E-state index >= 15 is 0 Å². The summed E-state index contributed by atoms with van der Waals surface area (Å²) in [6.45, 7) is 0.700. The number of thioether (sulfide) groups is 1. The molecule has 0 bridgehead atoms. The second-order valence-electron chi connectivity index (χ2n) is 7.55. The molecule has 3 aromatic rings. The molecular formula is C25H27N3O3S. The first-order valence-corrected chi connectivity index (χ1v) is 11.6. The normalized spacial score (nSPS) is 15.4. The van der Waals surface area contributed by atoms with Gasteiger partial charge >= 0.3 is 6.03 Å². The second-order valence-corrected chi connectivity index (χ2v) is 8.54. The van der Waals surface area contributed by atoms with Gasteiger partial charge in [-0.15, -0.1) is 11.8 Å². The number of ether oxygens (including phenoxy) is 2. The number of likely N-dealkylation sites (tertiary alicyclic amines) is 1. The van der Waals surface area contributed by atoms with E-state index in [0.29, 0.717) is 6.54 Å². The fraction of sp³-hybridized carbons (Fsp3) is 0.280. The topological polar surface area (TPSA) is 63.7 Å². The van der Waals surface area contributed by atoms with Crippen molar-refractivity contribution in [3.8, 4) is 11.5 Å². The monoisotopic (exact) mass is 449 g/mol. The van der Waals surface area contributed by atoms with Gasteiger partial charge in [0.25, 0.3) is 0 Å². The average molecular weight is 450 g/mol. The zero-order valence-electron chi connectivity index (χ0n) is 18.3. The molecule has 7 heteroatoms. The van der Waals surface area contributed by atoms with Crippen LogP contribution in [0.15, 0.2) is 71.9 Å². The fourth-order valence-corrected chi connectivity index (χ4v) is 4.76. The Morgan fingerprint density at radius 1 is 1.12 bits per heavy atom. The first-order chi connectivity index (χ1) is 15.7. The summed E-state index contributed by atoms with van der Waals surface area (Å²) < 4.78 is 11.0. The minimum absolute atomic E-state index is 0.0528. The lowest BCUT2D eigenvalue weighted by Crippen LogP contribution is -2.34. The van der Waals surface area contributed by atoms with Crippen molar-refractivity contribution in [1.29, 1.82) is 0 Å². The fourth-order valence-electron chi connectivity index (χ4n) is 3.96. The van der Waals surface area contributed by atoms with Crippen LogP contribution in [0, 0.1) is 0 Å². The zero-order chi connectivity index (χ0) is 22.3. The predicted molar refractivity (Wildman–Crippen MR) is 127 cm³/mol. The largest absolute Gasteiger partial charge is 0.497 e. The number of hydrogen-bond donors (Lipinski definition) is 1. The standard InChI is InChI=1S/C25H27N3O3S/c1-30-20-11-12-23(31-2)21(16-20)22-9-6-14-28(22)25(29)27-19-8-5-7-18(15-19)17-32-24-10-3-4-13-26-24/h3-5,7-8,10-13,15-16,22H,6,9,14,17H2,1-2H3,(H,27,29). The van der Waals surface area contributed by atoms with Gasteiger partial charge in [0.2, 0.25) is 0 Å². The second kappa shape index (κ2) is 10.4. The number of nitrogens with one attached hydrogen (secondary N) is 1. The van der Waals surface area contributed by atoms with E-state index in [-0.39, 0.29) is 12.1 Å². The lowest BCUT2D eigenvalue weighted by molar-refractivity contribution is 0.206. The maximum absolute atomic E-state index is 13.2. The van der Waals surface area contributed by atoms with E-state index in [2.05, 4.69) is 16.4 Å². The third-order valence-electron chi connectivity index (χ3n) is 5.51. The number of rotatable bonds is 7. The van der Waals surface area contributed by atoms with Crippen molar-refractivity contribution in [3.63, 3.8) is 0 Å². The molecule has 1 aliphatic heterocycles. The molecular weight excluding hydrogens is 422 g/mol. The van der Waals surface area contributed by atoms with E-state index in [1.807, 2.05) is 59.5 Å². The minimum Gasteiger partial charge on any atom is -0.497 e. The van der Waals surface area contributed by atoms with Gasteiger partial charge in [0, 0.05) is 29.7 Å². The van der Waals surface area contributed by atoms with Crippen molar-refractivity contribution in [2.45, 2.75) is 29.7 Å². The summed E-state index contributed by atoms with van der Waals surface area (Å²) in [5.74, 6) is 2.31. The van der Waals surface area contributed by atoms with Gasteiger partial charge in [-0.25, -0.2) is 9.78 Å². The SMILES string of the molecule is COc1ccc(OC)c(C2CCCN2C(=O)Nc2cccc(CSc3ccccn3)c2)c1. The highest BCUT2D eigenvalue weighted by atomic mass is 32.2. The summed E-state index contributed by atoms with van der Waals surface area (Å²) in [7, 11) is 3.29. The van der Waals surface area contributed by atoms with Crippen molar-refractivity contribution in [1.82, 2.24) is 9.88 Å². The summed E-state index contributed by atoms with van der Waals surface area (Å²) in [6.07, 6.45) is 3.62. The number of benzene rings is 2. The van der Waals surface area contributed by atoms with Crippen LogP contribution < -0.4 is 14.8 Å². The van der Waals surface area contributed by atoms with Crippen LogP contribution in [-0.2, 0) is 5.75 Å². The summed E-state index contributed by atoms with van der Waals surface area (Å²) >= 11 is 1.67. The Morgan fingerprint density at radius 3 is 2.81 bits per heavy atom. The number of carbonyl (C=O) groups excluding carboxylic acids is 1. The van der Waals surface area contributed by atoms with Crippen molar-refractivity contribution in [2.24, 2.45) is 0 Å². The van der Waals surface area contributed by atoms with E-state index < -0.39 is 0 Å². The molecule has 2 aromatic carbocycles. The van der Waals surface area contributed by atoms with Gasteiger partial charge in [-0.3, -0.25) is 0 Å². The van der Waals surface area contributed by atoms with Gasteiger partial charge < -0.3 is 19.7 Å². The van der Waals surface area contributed by atoms with Crippen molar-refractivity contribution in [3.05, 3.63) is 78.0 Å². The van der Waals surface area contributed by atoms with Crippen LogP contribution in [0.4, 0.5) is 10.5 Å². The quantitative estimate of drug-likeness (QED) is 0.465. The number of hydrogen-bond acceptors (Lipinski definition) is 5. The molecule has 0 radical (unpaired) electrons. The van der Waals surface area contributed by atoms with Crippen LogP contribution in [0.3, 0.4) is 0 Å². The van der Waals surface area contributed by atoms with E-state index in [4.69, 9.17) is 9.47 Å². The first kappa shape index (κ1) is 22.0. The molecule has 1 aliphatic rings. The average Bonchev–Trinajstić information content (AvgIpc) is 3.33. The molecule has 0 aliphatic carbocycles. The molecule has 1 aromatic heterocycles. The highest BCUT2D eigenvalue weighted by Gasteiger charge is 2.32. The molecule has 0 saturated carbocycles. The van der Waals surface area contributed by atoms with E-state index in [1.165, 1.54) is 0 Å². The Labute approximate surface area is 193 Å². The Hall–Kier alpha value is -3.19. The Bertz CT molecular complexity index is 1060. The molecule has 2 amide bonds. The first-order valence-electron chi connectivity index (χ1n) is 10.6. The van der Waals surface area contributed by atoms with Gasteiger partial charge in [-0.1, -0.05) is 18.2 Å². The Kier molecular flexibility index (Phi) is 7.17. The molecule has 0 spiro atoms. The maximum atomic E-state index is 13.2. The number of aromatic nitrogens is 1. The van der Waals surface area contributed by atoms with Gasteiger partial charge in [-0.2, -0.15) is 0 Å². The lowest BCUT2D eigenvalue weighted by atomic mass is 10.0. The summed E-state index contributed by atoms with van der Waals surface area (Å²) in [4.78, 5) is 19.4. The van der Waals surface area contributed by atoms with Crippen LogP contribution in [0.25, 0.3) is 0 Å². The van der Waals surface area contributed by atoms with Crippen LogP contribution in [-0.4, -0.2) is 36.7 Å². The van der Waals surface area contributed by atoms with Crippen LogP contribution in [0.5, 0.6) is 11.5 Å². The molecule has 6 nitrogen and oxygen atoms in total. The molecule has 32 heavy (non-hydrogen) atoms. The Balaban J connectivity index is 1.45. The molecule has 1 unspecified atom stereocenters. The van der Waals surface area contributed by atoms with E-state index in [9.17, 15) is 4.79 Å². The maximum Gasteiger partial charge on any atom is 0.322 e. The zero-order valence-corrected chi connectivity index (χ0v) is 19.1. The number of nitrogens with zero attached hydrogens (tertiary/aromatic N) is 2. The Morgan fingerprint density at radius 2 is 2.03 bits per heavy atom. The number of methoxy groups -OCH3 is 2. The van der Waals surface area contributed by atoms with Gasteiger partial charge in [0.05, 0.1) is 25.3 Å². The van der Waals surface area contributed by atoms with Crippen molar-refractivity contribution < 1.29 is 14.3 Å². The molecule has 166 valence electrons.